The Morgan fingerprint density at radius 1 is 1.50 bits per heavy atom. The van der Waals surface area contributed by atoms with Crippen LogP contribution >= 0.6 is 11.6 Å². The average Bonchev–Trinajstić information content (AvgIpc) is 2.30. The molecule has 4 heteroatoms. The number of halogens is 1. The zero-order valence-electron chi connectivity index (χ0n) is 9.96. The fourth-order valence-electron chi connectivity index (χ4n) is 1.83. The largest absolute Gasteiger partial charge is 0.496 e. The molecule has 2 unspecified atom stereocenters. The van der Waals surface area contributed by atoms with Gasteiger partial charge in [-0.15, -0.1) is 0 Å². The molecule has 0 bridgehead atoms. The van der Waals surface area contributed by atoms with Gasteiger partial charge in [0.25, 0.3) is 0 Å². The fraction of sp³-hybridized carbons (Fsp3) is 0.500. The molecule has 0 fully saturated rings. The summed E-state index contributed by atoms with van der Waals surface area (Å²) >= 11 is 6.01. The molecule has 0 amide bonds. The maximum Gasteiger partial charge on any atom is 0.123 e. The fourth-order valence-corrected chi connectivity index (χ4v) is 2.01. The van der Waals surface area contributed by atoms with Crippen molar-refractivity contribution in [3.8, 4) is 5.75 Å². The number of rotatable bonds is 5. The smallest absolute Gasteiger partial charge is 0.123 e. The lowest BCUT2D eigenvalue weighted by Crippen LogP contribution is -2.28. The van der Waals surface area contributed by atoms with Gasteiger partial charge in [0.1, 0.15) is 5.75 Å². The minimum absolute atomic E-state index is 0.152. The predicted molar refractivity (Wildman–Crippen MR) is 68.0 cm³/mol. The average molecular weight is 243 g/mol. The third-order valence-corrected chi connectivity index (χ3v) is 3.01. The molecule has 3 nitrogen and oxygen atoms in total. The van der Waals surface area contributed by atoms with Gasteiger partial charge in [-0.3, -0.25) is 0 Å². The van der Waals surface area contributed by atoms with E-state index in [9.17, 15) is 0 Å². The maximum atomic E-state index is 6.01. The highest BCUT2D eigenvalue weighted by atomic mass is 35.5. The van der Waals surface area contributed by atoms with Gasteiger partial charge < -0.3 is 15.8 Å². The molecule has 3 N–H and O–H groups in total. The topological polar surface area (TPSA) is 47.3 Å². The molecule has 0 radical (unpaired) electrons. The van der Waals surface area contributed by atoms with Gasteiger partial charge >= 0.3 is 0 Å². The molecule has 0 saturated heterocycles. The molecule has 0 saturated carbocycles. The van der Waals surface area contributed by atoms with Crippen molar-refractivity contribution in [2.24, 2.45) is 11.7 Å². The molecule has 1 aromatic rings. The van der Waals surface area contributed by atoms with Crippen LogP contribution in [0.5, 0.6) is 5.75 Å². The van der Waals surface area contributed by atoms with Crippen LogP contribution in [0.25, 0.3) is 0 Å². The number of hydrogen-bond acceptors (Lipinski definition) is 3. The van der Waals surface area contributed by atoms with Crippen molar-refractivity contribution in [1.29, 1.82) is 0 Å². The van der Waals surface area contributed by atoms with Gasteiger partial charge in [0.2, 0.25) is 0 Å². The van der Waals surface area contributed by atoms with Crippen LogP contribution in [0.4, 0.5) is 0 Å². The van der Waals surface area contributed by atoms with Crippen LogP contribution in [0.2, 0.25) is 5.02 Å². The van der Waals surface area contributed by atoms with Crippen molar-refractivity contribution in [3.05, 3.63) is 28.8 Å². The van der Waals surface area contributed by atoms with Gasteiger partial charge in [0, 0.05) is 16.6 Å². The Bertz CT molecular complexity index is 344. The zero-order chi connectivity index (χ0) is 12.1. The molecule has 0 aliphatic carbocycles. The molecule has 16 heavy (non-hydrogen) atoms. The van der Waals surface area contributed by atoms with Gasteiger partial charge in [-0.25, -0.2) is 0 Å². The van der Waals surface area contributed by atoms with E-state index < -0.39 is 0 Å². The van der Waals surface area contributed by atoms with E-state index in [1.54, 1.807) is 7.11 Å². The highest BCUT2D eigenvalue weighted by molar-refractivity contribution is 6.30. The number of benzene rings is 1. The molecule has 0 aromatic heterocycles. The molecule has 0 aliphatic rings. The first kappa shape index (κ1) is 13.3. The molecular weight excluding hydrogens is 224 g/mol. The summed E-state index contributed by atoms with van der Waals surface area (Å²) in [6, 6.07) is 5.78. The second-order valence-electron chi connectivity index (χ2n) is 3.87. The van der Waals surface area contributed by atoms with Crippen LogP contribution in [0, 0.1) is 5.92 Å². The Labute approximate surface area is 102 Å². The molecule has 0 aliphatic heterocycles. The van der Waals surface area contributed by atoms with Crippen molar-refractivity contribution in [2.75, 3.05) is 20.7 Å². The minimum atomic E-state index is 0.152. The summed E-state index contributed by atoms with van der Waals surface area (Å²) in [4.78, 5) is 0. The summed E-state index contributed by atoms with van der Waals surface area (Å²) in [6.45, 7) is 2.71. The second kappa shape index (κ2) is 6.09. The van der Waals surface area contributed by atoms with Gasteiger partial charge in [-0.05, 0) is 37.7 Å². The molecule has 0 heterocycles. The van der Waals surface area contributed by atoms with E-state index >= 15 is 0 Å². The first-order valence-corrected chi connectivity index (χ1v) is 5.72. The van der Waals surface area contributed by atoms with Crippen LogP contribution in [-0.4, -0.2) is 20.7 Å². The van der Waals surface area contributed by atoms with E-state index in [1.807, 2.05) is 25.2 Å². The summed E-state index contributed by atoms with van der Waals surface area (Å²) in [5.41, 5.74) is 6.75. The number of nitrogens with two attached hydrogens (primary N) is 1. The van der Waals surface area contributed by atoms with Crippen molar-refractivity contribution >= 4 is 11.6 Å². The molecule has 1 aromatic carbocycles. The van der Waals surface area contributed by atoms with Crippen molar-refractivity contribution in [1.82, 2.24) is 5.32 Å². The summed E-state index contributed by atoms with van der Waals surface area (Å²) < 4.78 is 5.34. The first-order chi connectivity index (χ1) is 7.63. The number of ether oxygens (including phenoxy) is 1. The molecule has 1 rings (SSSR count). The molecule has 2 atom stereocenters. The Morgan fingerprint density at radius 2 is 2.19 bits per heavy atom. The Hall–Kier alpha value is -0.770. The van der Waals surface area contributed by atoms with E-state index in [1.165, 1.54) is 0 Å². The normalized spacial score (nSPS) is 14.6. The monoisotopic (exact) mass is 242 g/mol. The number of hydrogen-bond donors (Lipinski definition) is 2. The van der Waals surface area contributed by atoms with E-state index in [0.29, 0.717) is 17.5 Å². The van der Waals surface area contributed by atoms with Crippen LogP contribution in [0.1, 0.15) is 18.5 Å². The van der Waals surface area contributed by atoms with Crippen LogP contribution in [0.3, 0.4) is 0 Å². The van der Waals surface area contributed by atoms with E-state index in [0.717, 1.165) is 11.3 Å². The lowest BCUT2D eigenvalue weighted by Gasteiger charge is -2.24. The number of methoxy groups -OCH3 is 1. The Morgan fingerprint density at radius 3 is 2.69 bits per heavy atom. The molecule has 0 spiro atoms. The quantitative estimate of drug-likeness (QED) is 0.832. The van der Waals surface area contributed by atoms with E-state index in [2.05, 4.69) is 12.2 Å². The molecular formula is C12H19ClN2O. The maximum absolute atomic E-state index is 6.01. The highest BCUT2D eigenvalue weighted by Gasteiger charge is 2.20. The minimum Gasteiger partial charge on any atom is -0.496 e. The van der Waals surface area contributed by atoms with Crippen LogP contribution in [-0.2, 0) is 0 Å². The Balaban J connectivity index is 3.11. The molecule has 90 valence electrons. The summed E-state index contributed by atoms with van der Waals surface area (Å²) in [5.74, 6) is 1.15. The highest BCUT2D eigenvalue weighted by Crippen LogP contribution is 2.31. The van der Waals surface area contributed by atoms with Crippen LogP contribution in [0.15, 0.2) is 18.2 Å². The first-order valence-electron chi connectivity index (χ1n) is 5.34. The lowest BCUT2D eigenvalue weighted by atomic mass is 9.94. The third-order valence-electron chi connectivity index (χ3n) is 2.78. The third kappa shape index (κ3) is 2.88. The summed E-state index contributed by atoms with van der Waals surface area (Å²) in [6.07, 6.45) is 0. The standard InChI is InChI=1S/C12H19ClN2O/c1-8(7-14)12(15-2)10-6-9(13)4-5-11(10)16-3/h4-6,8,12,15H,7,14H2,1-3H3. The van der Waals surface area contributed by atoms with Crippen molar-refractivity contribution in [3.63, 3.8) is 0 Å². The van der Waals surface area contributed by atoms with Crippen molar-refractivity contribution < 1.29 is 4.74 Å². The van der Waals surface area contributed by atoms with E-state index in [4.69, 9.17) is 22.1 Å². The summed E-state index contributed by atoms with van der Waals surface area (Å²) in [7, 11) is 3.57. The van der Waals surface area contributed by atoms with Gasteiger partial charge in [0.15, 0.2) is 0 Å². The second-order valence-corrected chi connectivity index (χ2v) is 4.30. The van der Waals surface area contributed by atoms with E-state index in [-0.39, 0.29) is 6.04 Å². The van der Waals surface area contributed by atoms with Gasteiger partial charge in [-0.2, -0.15) is 0 Å². The summed E-state index contributed by atoms with van der Waals surface area (Å²) in [5, 5.41) is 3.96. The van der Waals surface area contributed by atoms with Crippen LogP contribution < -0.4 is 15.8 Å². The van der Waals surface area contributed by atoms with Gasteiger partial charge in [-0.1, -0.05) is 18.5 Å². The predicted octanol–water partition coefficient (Wildman–Crippen LogP) is 2.20. The number of nitrogens with one attached hydrogen (secondary N) is 1. The zero-order valence-corrected chi connectivity index (χ0v) is 10.7. The Kier molecular flexibility index (Phi) is 5.06. The van der Waals surface area contributed by atoms with Gasteiger partial charge in [0.05, 0.1) is 7.11 Å². The SMILES string of the molecule is CNC(c1cc(Cl)ccc1OC)C(C)CN. The van der Waals surface area contributed by atoms with Crippen molar-refractivity contribution in [2.45, 2.75) is 13.0 Å². The lowest BCUT2D eigenvalue weighted by molar-refractivity contribution is 0.374.